The highest BCUT2D eigenvalue weighted by atomic mass is 32.2. The number of rotatable bonds is 5. The lowest BCUT2D eigenvalue weighted by Gasteiger charge is -2.09. The zero-order valence-electron chi connectivity index (χ0n) is 10.3. The van der Waals surface area contributed by atoms with Crippen molar-refractivity contribution in [1.82, 2.24) is 5.32 Å². The monoisotopic (exact) mass is 267 g/mol. The molecule has 0 bridgehead atoms. The summed E-state index contributed by atoms with van der Waals surface area (Å²) in [6.45, 7) is 0.761. The minimum absolute atomic E-state index is 0.0479. The number of hydrogen-bond acceptors (Lipinski definition) is 4. The van der Waals surface area contributed by atoms with E-state index in [9.17, 15) is 8.42 Å². The van der Waals surface area contributed by atoms with Gasteiger partial charge in [0.15, 0.2) is 9.84 Å². The van der Waals surface area contributed by atoms with Gasteiger partial charge in [-0.2, -0.15) is 0 Å². The molecule has 0 fully saturated rings. The number of sulfone groups is 1. The van der Waals surface area contributed by atoms with Crippen molar-refractivity contribution in [2.45, 2.75) is 12.5 Å². The van der Waals surface area contributed by atoms with Gasteiger partial charge in [0.2, 0.25) is 0 Å². The van der Waals surface area contributed by atoms with Crippen LogP contribution in [0.4, 0.5) is 0 Å². The SMILES string of the molecule is COc1ccc(CCNC2C=CS(=O)(=O)C2)cc1. The van der Waals surface area contributed by atoms with E-state index in [1.165, 1.54) is 11.0 Å². The molecule has 0 aromatic heterocycles. The summed E-state index contributed by atoms with van der Waals surface area (Å²) in [5.41, 5.74) is 1.20. The van der Waals surface area contributed by atoms with Gasteiger partial charge in [-0.1, -0.05) is 18.2 Å². The first-order valence-corrected chi connectivity index (χ1v) is 7.58. The van der Waals surface area contributed by atoms with Crippen LogP contribution in [0.15, 0.2) is 35.7 Å². The summed E-state index contributed by atoms with van der Waals surface area (Å²) in [4.78, 5) is 0. The summed E-state index contributed by atoms with van der Waals surface area (Å²) >= 11 is 0. The van der Waals surface area contributed by atoms with Crippen molar-refractivity contribution in [1.29, 1.82) is 0 Å². The summed E-state index contributed by atoms with van der Waals surface area (Å²) in [5.74, 6) is 1.02. The van der Waals surface area contributed by atoms with E-state index in [0.29, 0.717) is 0 Å². The van der Waals surface area contributed by atoms with Crippen molar-refractivity contribution < 1.29 is 13.2 Å². The fraction of sp³-hybridized carbons (Fsp3) is 0.385. The van der Waals surface area contributed by atoms with Gasteiger partial charge in [0.25, 0.3) is 0 Å². The average Bonchev–Trinajstić information content (AvgIpc) is 2.70. The summed E-state index contributed by atoms with van der Waals surface area (Å²) in [6, 6.07) is 7.84. The first-order chi connectivity index (χ1) is 8.59. The van der Waals surface area contributed by atoms with E-state index in [-0.39, 0.29) is 11.8 Å². The van der Waals surface area contributed by atoms with E-state index in [2.05, 4.69) is 5.32 Å². The third-order valence-electron chi connectivity index (χ3n) is 2.91. The maximum absolute atomic E-state index is 11.2. The molecule has 0 saturated carbocycles. The second-order valence-corrected chi connectivity index (χ2v) is 6.25. The zero-order chi connectivity index (χ0) is 13.0. The smallest absolute Gasteiger partial charge is 0.173 e. The van der Waals surface area contributed by atoms with E-state index < -0.39 is 9.84 Å². The Morgan fingerprint density at radius 1 is 1.33 bits per heavy atom. The van der Waals surface area contributed by atoms with Crippen LogP contribution in [0.5, 0.6) is 5.75 Å². The van der Waals surface area contributed by atoms with Gasteiger partial charge < -0.3 is 10.1 Å². The number of ether oxygens (including phenoxy) is 1. The van der Waals surface area contributed by atoms with E-state index in [1.807, 2.05) is 24.3 Å². The third kappa shape index (κ3) is 3.58. The molecule has 1 unspecified atom stereocenters. The van der Waals surface area contributed by atoms with Crippen molar-refractivity contribution in [2.24, 2.45) is 0 Å². The largest absolute Gasteiger partial charge is 0.497 e. The van der Waals surface area contributed by atoms with E-state index in [0.717, 1.165) is 18.7 Å². The average molecular weight is 267 g/mol. The highest BCUT2D eigenvalue weighted by molar-refractivity contribution is 7.94. The lowest BCUT2D eigenvalue weighted by atomic mass is 10.1. The highest BCUT2D eigenvalue weighted by Crippen LogP contribution is 2.12. The number of benzene rings is 1. The van der Waals surface area contributed by atoms with Gasteiger partial charge in [0, 0.05) is 11.4 Å². The van der Waals surface area contributed by atoms with Crippen molar-refractivity contribution in [3.63, 3.8) is 0 Å². The molecule has 1 atom stereocenters. The first-order valence-electron chi connectivity index (χ1n) is 5.86. The second kappa shape index (κ2) is 5.54. The van der Waals surface area contributed by atoms with Crippen molar-refractivity contribution >= 4 is 9.84 Å². The number of methoxy groups -OCH3 is 1. The Morgan fingerprint density at radius 2 is 2.06 bits per heavy atom. The molecule has 0 aliphatic carbocycles. The van der Waals surface area contributed by atoms with Gasteiger partial charge in [-0.3, -0.25) is 0 Å². The van der Waals surface area contributed by atoms with Gasteiger partial charge in [-0.05, 0) is 30.7 Å². The molecular weight excluding hydrogens is 250 g/mol. The Morgan fingerprint density at radius 3 is 2.61 bits per heavy atom. The Bertz CT molecular complexity index is 520. The Hall–Kier alpha value is -1.33. The van der Waals surface area contributed by atoms with Crippen molar-refractivity contribution in [2.75, 3.05) is 19.4 Å². The second-order valence-electron chi connectivity index (χ2n) is 4.32. The molecule has 0 amide bonds. The molecule has 5 heteroatoms. The van der Waals surface area contributed by atoms with Crippen LogP contribution in [0.1, 0.15) is 5.56 Å². The highest BCUT2D eigenvalue weighted by Gasteiger charge is 2.20. The minimum Gasteiger partial charge on any atom is -0.497 e. The molecule has 1 N–H and O–H groups in total. The Kier molecular flexibility index (Phi) is 4.04. The van der Waals surface area contributed by atoms with E-state index in [1.54, 1.807) is 13.2 Å². The lowest BCUT2D eigenvalue weighted by molar-refractivity contribution is 0.414. The maximum Gasteiger partial charge on any atom is 0.173 e. The molecule has 0 spiro atoms. The van der Waals surface area contributed by atoms with Crippen LogP contribution in [0, 0.1) is 0 Å². The normalized spacial score (nSPS) is 21.1. The molecule has 18 heavy (non-hydrogen) atoms. The van der Waals surface area contributed by atoms with Crippen LogP contribution in [0.2, 0.25) is 0 Å². The summed E-state index contributed by atoms with van der Waals surface area (Å²) in [7, 11) is -1.32. The molecule has 98 valence electrons. The lowest BCUT2D eigenvalue weighted by Crippen LogP contribution is -2.31. The van der Waals surface area contributed by atoms with Crippen LogP contribution in [0.3, 0.4) is 0 Å². The minimum atomic E-state index is -2.96. The summed E-state index contributed by atoms with van der Waals surface area (Å²) in [5, 5.41) is 4.51. The summed E-state index contributed by atoms with van der Waals surface area (Å²) < 4.78 is 27.5. The van der Waals surface area contributed by atoms with Gasteiger partial charge in [-0.15, -0.1) is 0 Å². The van der Waals surface area contributed by atoms with Gasteiger partial charge in [0.1, 0.15) is 5.75 Å². The molecule has 4 nitrogen and oxygen atoms in total. The van der Waals surface area contributed by atoms with Crippen LogP contribution in [-0.2, 0) is 16.3 Å². The van der Waals surface area contributed by atoms with E-state index in [4.69, 9.17) is 4.74 Å². The van der Waals surface area contributed by atoms with Crippen LogP contribution in [0.25, 0.3) is 0 Å². The Balaban J connectivity index is 1.77. The molecule has 1 heterocycles. The van der Waals surface area contributed by atoms with Crippen LogP contribution >= 0.6 is 0 Å². The van der Waals surface area contributed by atoms with Gasteiger partial charge in [-0.25, -0.2) is 8.42 Å². The van der Waals surface area contributed by atoms with Crippen molar-refractivity contribution in [3.8, 4) is 5.75 Å². The topological polar surface area (TPSA) is 55.4 Å². The maximum atomic E-state index is 11.2. The summed E-state index contributed by atoms with van der Waals surface area (Å²) in [6.07, 6.45) is 2.58. The fourth-order valence-corrected chi connectivity index (χ4v) is 3.17. The molecule has 2 rings (SSSR count). The standard InChI is InChI=1S/C13H17NO3S/c1-17-13-4-2-11(3-5-13)6-8-14-12-7-9-18(15,16)10-12/h2-5,7,9,12,14H,6,8,10H2,1H3. The first kappa shape index (κ1) is 13.1. The fourth-order valence-electron chi connectivity index (χ4n) is 1.90. The number of nitrogens with one attached hydrogen (secondary N) is 1. The van der Waals surface area contributed by atoms with Crippen LogP contribution < -0.4 is 10.1 Å². The number of hydrogen-bond donors (Lipinski definition) is 1. The quantitative estimate of drug-likeness (QED) is 0.869. The van der Waals surface area contributed by atoms with E-state index >= 15 is 0 Å². The molecular formula is C13H17NO3S. The van der Waals surface area contributed by atoms with Gasteiger partial charge >= 0.3 is 0 Å². The van der Waals surface area contributed by atoms with Crippen molar-refractivity contribution in [3.05, 3.63) is 41.3 Å². The zero-order valence-corrected chi connectivity index (χ0v) is 11.1. The predicted octanol–water partition coefficient (Wildman–Crippen LogP) is 1.14. The molecule has 1 aromatic rings. The van der Waals surface area contributed by atoms with Gasteiger partial charge in [0.05, 0.1) is 12.9 Å². The molecule has 1 aliphatic heterocycles. The molecule has 0 saturated heterocycles. The molecule has 1 aliphatic rings. The molecule has 1 aromatic carbocycles. The van der Waals surface area contributed by atoms with Crippen LogP contribution in [-0.4, -0.2) is 33.9 Å². The predicted molar refractivity (Wildman–Crippen MR) is 71.4 cm³/mol. The third-order valence-corrected chi connectivity index (χ3v) is 4.30. The molecule has 0 radical (unpaired) electrons. The Labute approximate surface area is 108 Å².